The Morgan fingerprint density at radius 2 is 1.94 bits per heavy atom. The van der Waals surface area contributed by atoms with Crippen molar-refractivity contribution in [2.45, 2.75) is 25.9 Å². The summed E-state index contributed by atoms with van der Waals surface area (Å²) in [5, 5.41) is 11.7. The van der Waals surface area contributed by atoms with Crippen LogP contribution < -0.4 is 11.1 Å². The second-order valence-electron chi connectivity index (χ2n) is 4.16. The van der Waals surface area contributed by atoms with E-state index in [-0.39, 0.29) is 24.7 Å². The van der Waals surface area contributed by atoms with Gasteiger partial charge < -0.3 is 16.2 Å². The first-order valence-electron chi connectivity index (χ1n) is 5.77. The van der Waals surface area contributed by atoms with Crippen molar-refractivity contribution in [3.8, 4) is 0 Å². The summed E-state index contributed by atoms with van der Waals surface area (Å²) in [6.45, 7) is 1.59. The number of amides is 1. The molecule has 1 rings (SSSR count). The van der Waals surface area contributed by atoms with Gasteiger partial charge in [-0.15, -0.1) is 0 Å². The number of carbonyl (C=O) groups is 2. The number of benzene rings is 1. The molecule has 0 saturated carbocycles. The van der Waals surface area contributed by atoms with E-state index in [1.807, 2.05) is 0 Å². The van der Waals surface area contributed by atoms with Crippen molar-refractivity contribution in [2.24, 2.45) is 5.73 Å². The van der Waals surface area contributed by atoms with Crippen molar-refractivity contribution < 1.29 is 14.7 Å². The highest BCUT2D eigenvalue weighted by Gasteiger charge is 2.14. The Balaban J connectivity index is 2.65. The number of nitrogens with one attached hydrogen (secondary N) is 1. The van der Waals surface area contributed by atoms with Gasteiger partial charge >= 0.3 is 0 Å². The fourth-order valence-corrected chi connectivity index (χ4v) is 1.57. The van der Waals surface area contributed by atoms with Gasteiger partial charge in [0, 0.05) is 18.5 Å². The molecule has 0 fully saturated rings. The fourth-order valence-electron chi connectivity index (χ4n) is 1.57. The monoisotopic (exact) mass is 250 g/mol. The molecule has 5 heteroatoms. The normalized spacial score (nSPS) is 11.9. The average Bonchev–Trinajstić information content (AvgIpc) is 2.37. The van der Waals surface area contributed by atoms with Crippen LogP contribution in [-0.4, -0.2) is 29.4 Å². The molecule has 0 aliphatic rings. The first kappa shape index (κ1) is 14.3. The minimum atomic E-state index is -0.538. The van der Waals surface area contributed by atoms with Crippen LogP contribution in [0.15, 0.2) is 24.3 Å². The summed E-state index contributed by atoms with van der Waals surface area (Å²) in [6.07, 6.45) is 0.128. The molecular weight excluding hydrogens is 232 g/mol. The van der Waals surface area contributed by atoms with Gasteiger partial charge in [-0.1, -0.05) is 12.1 Å². The molecule has 4 N–H and O–H groups in total. The Morgan fingerprint density at radius 1 is 1.33 bits per heavy atom. The van der Waals surface area contributed by atoms with Crippen LogP contribution in [0, 0.1) is 0 Å². The van der Waals surface area contributed by atoms with Gasteiger partial charge in [0.1, 0.15) is 5.78 Å². The highest BCUT2D eigenvalue weighted by Crippen LogP contribution is 2.04. The highest BCUT2D eigenvalue weighted by molar-refractivity contribution is 5.94. The van der Waals surface area contributed by atoms with Gasteiger partial charge in [-0.2, -0.15) is 0 Å². The quantitative estimate of drug-likeness (QED) is 0.673. The van der Waals surface area contributed by atoms with Gasteiger partial charge in [0.2, 0.25) is 0 Å². The summed E-state index contributed by atoms with van der Waals surface area (Å²) in [7, 11) is 0. The average molecular weight is 250 g/mol. The van der Waals surface area contributed by atoms with Crippen LogP contribution in [0.1, 0.15) is 29.3 Å². The number of nitrogens with two attached hydrogens (primary N) is 1. The summed E-state index contributed by atoms with van der Waals surface area (Å²) >= 11 is 0. The molecule has 18 heavy (non-hydrogen) atoms. The lowest BCUT2D eigenvalue weighted by molar-refractivity contribution is -0.117. The topological polar surface area (TPSA) is 92.4 Å². The maximum absolute atomic E-state index is 11.8. The summed E-state index contributed by atoms with van der Waals surface area (Å²) < 4.78 is 0. The predicted molar refractivity (Wildman–Crippen MR) is 68.0 cm³/mol. The second-order valence-corrected chi connectivity index (χ2v) is 4.16. The molecule has 0 aliphatic carbocycles. The predicted octanol–water partition coefficient (Wildman–Crippen LogP) is 0.215. The molecule has 0 aromatic heterocycles. The number of carbonyl (C=O) groups excluding carboxylic acids is 2. The molecule has 0 bridgehead atoms. The van der Waals surface area contributed by atoms with Crippen molar-refractivity contribution in [1.82, 2.24) is 5.32 Å². The Morgan fingerprint density at radius 3 is 2.39 bits per heavy atom. The molecule has 1 amide bonds. The van der Waals surface area contributed by atoms with Crippen molar-refractivity contribution in [3.05, 3.63) is 35.4 Å². The molecule has 1 aromatic rings. The largest absolute Gasteiger partial charge is 0.394 e. The molecular formula is C13H18N2O3. The third-order valence-electron chi connectivity index (χ3n) is 2.54. The lowest BCUT2D eigenvalue weighted by atomic mass is 10.1. The number of hydrogen-bond donors (Lipinski definition) is 3. The van der Waals surface area contributed by atoms with Crippen LogP contribution in [0.5, 0.6) is 0 Å². The summed E-state index contributed by atoms with van der Waals surface area (Å²) in [6, 6.07) is 6.34. The van der Waals surface area contributed by atoms with E-state index >= 15 is 0 Å². The van der Waals surface area contributed by atoms with Crippen LogP contribution in [0.3, 0.4) is 0 Å². The van der Waals surface area contributed by atoms with E-state index in [1.165, 1.54) is 6.92 Å². The second kappa shape index (κ2) is 6.88. The number of aliphatic hydroxyl groups is 1. The van der Waals surface area contributed by atoms with Gasteiger partial charge in [0.25, 0.3) is 5.91 Å². The van der Waals surface area contributed by atoms with E-state index in [4.69, 9.17) is 10.8 Å². The summed E-state index contributed by atoms with van der Waals surface area (Å²) in [5.74, 6) is -0.383. The number of ketones is 1. The molecule has 1 aromatic carbocycles. The van der Waals surface area contributed by atoms with Crippen LogP contribution in [0.25, 0.3) is 0 Å². The maximum Gasteiger partial charge on any atom is 0.251 e. The van der Waals surface area contributed by atoms with E-state index in [1.54, 1.807) is 24.3 Å². The van der Waals surface area contributed by atoms with Crippen LogP contribution in [0.2, 0.25) is 0 Å². The van der Waals surface area contributed by atoms with Crippen molar-refractivity contribution >= 4 is 11.7 Å². The fraction of sp³-hybridized carbons (Fsp3) is 0.385. The van der Waals surface area contributed by atoms with Gasteiger partial charge in [-0.25, -0.2) is 0 Å². The molecule has 5 nitrogen and oxygen atoms in total. The minimum Gasteiger partial charge on any atom is -0.394 e. The van der Waals surface area contributed by atoms with Crippen molar-refractivity contribution in [2.75, 3.05) is 6.61 Å². The van der Waals surface area contributed by atoms with Crippen LogP contribution in [0.4, 0.5) is 0 Å². The van der Waals surface area contributed by atoms with Gasteiger partial charge in [-0.05, 0) is 24.6 Å². The lowest BCUT2D eigenvalue weighted by Gasteiger charge is -2.14. The van der Waals surface area contributed by atoms with Crippen molar-refractivity contribution in [1.29, 1.82) is 0 Å². The van der Waals surface area contributed by atoms with E-state index in [9.17, 15) is 9.59 Å². The van der Waals surface area contributed by atoms with E-state index < -0.39 is 6.04 Å². The number of hydrogen-bond acceptors (Lipinski definition) is 4. The molecule has 0 unspecified atom stereocenters. The number of Topliss-reactive ketones (excluding diaryl/α,β-unsaturated/α-hetero) is 1. The highest BCUT2D eigenvalue weighted by atomic mass is 16.3. The zero-order chi connectivity index (χ0) is 13.5. The smallest absolute Gasteiger partial charge is 0.251 e. The number of rotatable bonds is 6. The third-order valence-corrected chi connectivity index (χ3v) is 2.54. The Bertz CT molecular complexity index is 415. The van der Waals surface area contributed by atoms with Crippen molar-refractivity contribution in [3.63, 3.8) is 0 Å². The van der Waals surface area contributed by atoms with Crippen LogP contribution >= 0.6 is 0 Å². The number of aliphatic hydroxyl groups excluding tert-OH is 1. The molecule has 0 radical (unpaired) electrons. The third kappa shape index (κ3) is 4.27. The van der Waals surface area contributed by atoms with E-state index in [2.05, 4.69) is 5.32 Å². The Kier molecular flexibility index (Phi) is 5.48. The summed E-state index contributed by atoms with van der Waals surface area (Å²) in [5.41, 5.74) is 6.88. The van der Waals surface area contributed by atoms with E-state index in [0.29, 0.717) is 12.1 Å². The standard InChI is InChI=1S/C13H18N2O3/c1-9(17)6-12(8-16)15-13(18)11-4-2-10(7-14)3-5-11/h2-5,12,16H,6-8,14H2,1H3,(H,15,18)/t12-/m0/s1. The molecule has 0 saturated heterocycles. The molecule has 0 spiro atoms. The minimum absolute atomic E-state index is 0.0761. The zero-order valence-electron chi connectivity index (χ0n) is 10.3. The van der Waals surface area contributed by atoms with Gasteiger partial charge in [-0.3, -0.25) is 9.59 Å². The molecule has 1 atom stereocenters. The molecule has 0 heterocycles. The van der Waals surface area contributed by atoms with Gasteiger partial charge in [0.05, 0.1) is 12.6 Å². The van der Waals surface area contributed by atoms with Gasteiger partial charge in [0.15, 0.2) is 0 Å². The maximum atomic E-state index is 11.8. The first-order chi connectivity index (χ1) is 8.56. The summed E-state index contributed by atoms with van der Waals surface area (Å²) in [4.78, 5) is 22.8. The van der Waals surface area contributed by atoms with E-state index in [0.717, 1.165) is 5.56 Å². The first-order valence-corrected chi connectivity index (χ1v) is 5.77. The molecule has 0 aliphatic heterocycles. The SMILES string of the molecule is CC(=O)C[C@@H](CO)NC(=O)c1ccc(CN)cc1. The Hall–Kier alpha value is -1.72. The van der Waals surface area contributed by atoms with Crippen LogP contribution in [-0.2, 0) is 11.3 Å². The Labute approximate surface area is 106 Å². The lowest BCUT2D eigenvalue weighted by Crippen LogP contribution is -2.38. The zero-order valence-corrected chi connectivity index (χ0v) is 10.3. The molecule has 98 valence electrons.